The summed E-state index contributed by atoms with van der Waals surface area (Å²) >= 11 is 0. The largest absolute Gasteiger partial charge is 0.493 e. The van der Waals surface area contributed by atoms with Gasteiger partial charge in [-0.2, -0.15) is 0 Å². The zero-order chi connectivity index (χ0) is 17.1. The molecule has 1 heterocycles. The molecule has 2 aromatic rings. The summed E-state index contributed by atoms with van der Waals surface area (Å²) in [6.07, 6.45) is 0.905. The van der Waals surface area contributed by atoms with Crippen LogP contribution >= 0.6 is 0 Å². The van der Waals surface area contributed by atoms with Gasteiger partial charge in [0.25, 0.3) is 0 Å². The highest BCUT2D eigenvalue weighted by atomic mass is 16.5. The molecule has 3 rings (SSSR count). The van der Waals surface area contributed by atoms with Crippen LogP contribution in [0.4, 0.5) is 5.69 Å². The Hall–Kier alpha value is -2.44. The lowest BCUT2D eigenvalue weighted by Crippen LogP contribution is -2.26. The summed E-state index contributed by atoms with van der Waals surface area (Å²) in [6.45, 7) is 0. The quantitative estimate of drug-likeness (QED) is 0.732. The molecule has 4 N–H and O–H groups in total. The van der Waals surface area contributed by atoms with Gasteiger partial charge in [-0.3, -0.25) is 0 Å². The fraction of sp³-hybridized carbons (Fsp3) is 0.333. The first-order valence-electron chi connectivity index (χ1n) is 7.82. The zero-order valence-corrected chi connectivity index (χ0v) is 14.1. The van der Waals surface area contributed by atoms with E-state index in [0.29, 0.717) is 17.2 Å². The molecule has 2 atom stereocenters. The lowest BCUT2D eigenvalue weighted by atomic mass is 9.97. The average molecular weight is 329 g/mol. The third-order valence-electron chi connectivity index (χ3n) is 4.33. The molecule has 1 aliphatic rings. The molecule has 0 bridgehead atoms. The Morgan fingerprint density at radius 2 is 1.38 bits per heavy atom. The molecule has 2 aromatic carbocycles. The zero-order valence-electron chi connectivity index (χ0n) is 14.1. The lowest BCUT2D eigenvalue weighted by molar-refractivity contribution is 0.323. The van der Waals surface area contributed by atoms with Crippen LogP contribution in [-0.4, -0.2) is 21.3 Å². The standard InChI is InChI=1S/C18H23N3O3/c1-22-16-8-12(9-17(23-2)18(16)24-3)15-10-14(20-21-15)11-4-6-13(19)7-5-11/h4-9,14-15,20-21H,10,19H2,1-3H3. The maximum atomic E-state index is 5.76. The van der Waals surface area contributed by atoms with Crippen LogP contribution in [0.3, 0.4) is 0 Å². The fourth-order valence-electron chi connectivity index (χ4n) is 3.02. The summed E-state index contributed by atoms with van der Waals surface area (Å²) in [6, 6.07) is 12.3. The van der Waals surface area contributed by atoms with E-state index in [2.05, 4.69) is 10.9 Å². The highest BCUT2D eigenvalue weighted by molar-refractivity contribution is 5.54. The molecule has 0 radical (unpaired) electrons. The van der Waals surface area contributed by atoms with Gasteiger partial charge >= 0.3 is 0 Å². The molecular formula is C18H23N3O3. The van der Waals surface area contributed by atoms with Crippen molar-refractivity contribution in [3.05, 3.63) is 47.5 Å². The van der Waals surface area contributed by atoms with Crippen LogP contribution in [0.1, 0.15) is 29.6 Å². The molecule has 0 saturated carbocycles. The van der Waals surface area contributed by atoms with Crippen molar-refractivity contribution in [1.29, 1.82) is 0 Å². The fourth-order valence-corrected chi connectivity index (χ4v) is 3.02. The van der Waals surface area contributed by atoms with Crippen molar-refractivity contribution < 1.29 is 14.2 Å². The number of hydrazine groups is 1. The van der Waals surface area contributed by atoms with Crippen molar-refractivity contribution in [3.8, 4) is 17.2 Å². The van der Waals surface area contributed by atoms with Crippen LogP contribution < -0.4 is 30.8 Å². The van der Waals surface area contributed by atoms with Gasteiger partial charge in [-0.25, -0.2) is 10.9 Å². The first-order chi connectivity index (χ1) is 11.7. The number of nitrogens with two attached hydrogens (primary N) is 1. The maximum Gasteiger partial charge on any atom is 0.203 e. The Balaban J connectivity index is 1.84. The molecule has 0 aromatic heterocycles. The Bertz CT molecular complexity index is 678. The highest BCUT2D eigenvalue weighted by Gasteiger charge is 2.28. The van der Waals surface area contributed by atoms with E-state index < -0.39 is 0 Å². The number of nitrogen functional groups attached to an aromatic ring is 1. The number of hydrogen-bond acceptors (Lipinski definition) is 6. The number of hydrogen-bond donors (Lipinski definition) is 3. The molecule has 6 heteroatoms. The summed E-state index contributed by atoms with van der Waals surface area (Å²) in [4.78, 5) is 0. The van der Waals surface area contributed by atoms with Crippen molar-refractivity contribution in [2.24, 2.45) is 0 Å². The summed E-state index contributed by atoms with van der Waals surface area (Å²) in [7, 11) is 4.85. The van der Waals surface area contributed by atoms with Crippen LogP contribution in [0.5, 0.6) is 17.2 Å². The first-order valence-corrected chi connectivity index (χ1v) is 7.82. The molecule has 0 aliphatic carbocycles. The second-order valence-electron chi connectivity index (χ2n) is 5.75. The minimum atomic E-state index is 0.140. The number of anilines is 1. The normalized spacial score (nSPS) is 20.0. The van der Waals surface area contributed by atoms with Gasteiger partial charge in [0.2, 0.25) is 5.75 Å². The molecule has 0 spiro atoms. The van der Waals surface area contributed by atoms with Crippen LogP contribution in [0.25, 0.3) is 0 Å². The third-order valence-corrected chi connectivity index (χ3v) is 4.33. The van der Waals surface area contributed by atoms with E-state index in [9.17, 15) is 0 Å². The Kier molecular flexibility index (Phi) is 4.78. The SMILES string of the molecule is COc1cc(C2CC(c3ccc(N)cc3)NN2)cc(OC)c1OC. The van der Waals surface area contributed by atoms with E-state index in [1.165, 1.54) is 5.56 Å². The number of nitrogens with one attached hydrogen (secondary N) is 2. The van der Waals surface area contributed by atoms with Gasteiger partial charge in [0.1, 0.15) is 0 Å². The second-order valence-corrected chi connectivity index (χ2v) is 5.75. The van der Waals surface area contributed by atoms with Crippen LogP contribution in [0.2, 0.25) is 0 Å². The Labute approximate surface area is 141 Å². The van der Waals surface area contributed by atoms with E-state index in [1.807, 2.05) is 36.4 Å². The van der Waals surface area contributed by atoms with Crippen molar-refractivity contribution >= 4 is 5.69 Å². The molecule has 2 unspecified atom stereocenters. The predicted octanol–water partition coefficient (Wildman–Crippen LogP) is 2.57. The van der Waals surface area contributed by atoms with Crippen LogP contribution in [0, 0.1) is 0 Å². The second kappa shape index (κ2) is 6.98. The van der Waals surface area contributed by atoms with Crippen molar-refractivity contribution in [2.75, 3.05) is 27.1 Å². The summed E-state index contributed by atoms with van der Waals surface area (Å²) in [5.41, 5.74) is 15.5. The van der Waals surface area contributed by atoms with Gasteiger partial charge in [-0.1, -0.05) is 12.1 Å². The highest BCUT2D eigenvalue weighted by Crippen LogP contribution is 2.41. The smallest absolute Gasteiger partial charge is 0.203 e. The first kappa shape index (κ1) is 16.4. The van der Waals surface area contributed by atoms with Gasteiger partial charge in [-0.15, -0.1) is 0 Å². The van der Waals surface area contributed by atoms with E-state index >= 15 is 0 Å². The third kappa shape index (κ3) is 3.11. The molecule has 1 aliphatic heterocycles. The van der Waals surface area contributed by atoms with E-state index in [-0.39, 0.29) is 12.1 Å². The molecular weight excluding hydrogens is 306 g/mol. The molecule has 128 valence electrons. The minimum absolute atomic E-state index is 0.140. The maximum absolute atomic E-state index is 5.76. The topological polar surface area (TPSA) is 77.8 Å². The van der Waals surface area contributed by atoms with Crippen LogP contribution in [0.15, 0.2) is 36.4 Å². The number of methoxy groups -OCH3 is 3. The molecule has 24 heavy (non-hydrogen) atoms. The number of benzene rings is 2. The van der Waals surface area contributed by atoms with Crippen molar-refractivity contribution in [2.45, 2.75) is 18.5 Å². The predicted molar refractivity (Wildman–Crippen MR) is 93.3 cm³/mol. The van der Waals surface area contributed by atoms with Crippen molar-refractivity contribution in [3.63, 3.8) is 0 Å². The molecule has 1 saturated heterocycles. The number of ether oxygens (including phenoxy) is 3. The Morgan fingerprint density at radius 3 is 1.88 bits per heavy atom. The summed E-state index contributed by atoms with van der Waals surface area (Å²) in [5, 5.41) is 0. The minimum Gasteiger partial charge on any atom is -0.493 e. The Morgan fingerprint density at radius 1 is 0.833 bits per heavy atom. The molecule has 0 amide bonds. The van der Waals surface area contributed by atoms with Gasteiger partial charge in [0, 0.05) is 17.8 Å². The van der Waals surface area contributed by atoms with Crippen molar-refractivity contribution in [1.82, 2.24) is 10.9 Å². The van der Waals surface area contributed by atoms with E-state index in [4.69, 9.17) is 19.9 Å². The van der Waals surface area contributed by atoms with E-state index in [0.717, 1.165) is 17.7 Å². The summed E-state index contributed by atoms with van der Waals surface area (Å²) < 4.78 is 16.3. The van der Waals surface area contributed by atoms with Crippen LogP contribution in [-0.2, 0) is 0 Å². The van der Waals surface area contributed by atoms with E-state index in [1.54, 1.807) is 21.3 Å². The van der Waals surface area contributed by atoms with Gasteiger partial charge in [0.15, 0.2) is 11.5 Å². The molecule has 1 fully saturated rings. The molecule has 6 nitrogen and oxygen atoms in total. The monoisotopic (exact) mass is 329 g/mol. The van der Waals surface area contributed by atoms with Gasteiger partial charge in [-0.05, 0) is 41.8 Å². The lowest BCUT2D eigenvalue weighted by Gasteiger charge is -2.17. The number of rotatable bonds is 5. The average Bonchev–Trinajstić information content (AvgIpc) is 3.11. The van der Waals surface area contributed by atoms with Gasteiger partial charge < -0.3 is 19.9 Å². The summed E-state index contributed by atoms with van der Waals surface area (Å²) in [5.74, 6) is 1.92. The van der Waals surface area contributed by atoms with Gasteiger partial charge in [0.05, 0.1) is 21.3 Å².